The van der Waals surface area contributed by atoms with Crippen molar-refractivity contribution >= 4 is 5.69 Å². The van der Waals surface area contributed by atoms with E-state index < -0.39 is 0 Å². The molecule has 0 spiro atoms. The zero-order valence-corrected chi connectivity index (χ0v) is 10.8. The van der Waals surface area contributed by atoms with Crippen LogP contribution < -0.4 is 10.2 Å². The number of nitrogens with zero attached hydrogens (tertiary/aromatic N) is 2. The van der Waals surface area contributed by atoms with E-state index in [4.69, 9.17) is 0 Å². The molecule has 2 aliphatic rings. The summed E-state index contributed by atoms with van der Waals surface area (Å²) in [4.78, 5) is 6.57. The van der Waals surface area contributed by atoms with Gasteiger partial charge < -0.3 is 10.2 Å². The number of aromatic nitrogens is 1. The molecule has 2 atom stereocenters. The van der Waals surface area contributed by atoms with Gasteiger partial charge in [0.25, 0.3) is 0 Å². The second-order valence-corrected chi connectivity index (χ2v) is 5.40. The summed E-state index contributed by atoms with van der Waals surface area (Å²) in [6.45, 7) is 3.18. The van der Waals surface area contributed by atoms with Gasteiger partial charge in [0.2, 0.25) is 0 Å². The Bertz CT molecular complexity index is 582. The Balaban J connectivity index is 1.65. The third-order valence-electron chi connectivity index (χ3n) is 4.36. The van der Waals surface area contributed by atoms with Gasteiger partial charge in [-0.3, -0.25) is 4.98 Å². The number of anilines is 1. The van der Waals surface area contributed by atoms with E-state index in [0.29, 0.717) is 12.0 Å². The zero-order valence-electron chi connectivity index (χ0n) is 10.8. The number of rotatable bonds is 1. The fourth-order valence-electron chi connectivity index (χ4n) is 3.39. The number of hydrogen-bond donors (Lipinski definition) is 1. The number of fused-ring (bicyclic) bond motifs is 3. The molecule has 3 heteroatoms. The molecule has 1 fully saturated rings. The minimum absolute atomic E-state index is 0.572. The van der Waals surface area contributed by atoms with E-state index >= 15 is 0 Å². The van der Waals surface area contributed by atoms with E-state index in [1.165, 1.54) is 16.8 Å². The quantitative estimate of drug-likeness (QED) is 0.842. The van der Waals surface area contributed by atoms with E-state index in [0.717, 1.165) is 19.6 Å². The first kappa shape index (κ1) is 11.0. The summed E-state index contributed by atoms with van der Waals surface area (Å²) in [6.07, 6.45) is 3.75. The molecule has 1 N–H and O–H groups in total. The van der Waals surface area contributed by atoms with Crippen LogP contribution >= 0.6 is 0 Å². The second kappa shape index (κ2) is 4.35. The van der Waals surface area contributed by atoms with Crippen molar-refractivity contribution in [1.29, 1.82) is 0 Å². The van der Waals surface area contributed by atoms with Crippen molar-refractivity contribution in [3.8, 4) is 0 Å². The van der Waals surface area contributed by atoms with E-state index in [2.05, 4.69) is 51.6 Å². The lowest BCUT2D eigenvalue weighted by Gasteiger charge is -2.28. The molecule has 0 aliphatic carbocycles. The summed E-state index contributed by atoms with van der Waals surface area (Å²) < 4.78 is 0. The Labute approximate surface area is 113 Å². The summed E-state index contributed by atoms with van der Waals surface area (Å²) in [5, 5.41) is 3.68. The van der Waals surface area contributed by atoms with Crippen molar-refractivity contribution < 1.29 is 0 Å². The predicted octanol–water partition coefficient (Wildman–Crippen LogP) is 2.16. The van der Waals surface area contributed by atoms with Crippen molar-refractivity contribution in [2.45, 2.75) is 18.5 Å². The largest absolute Gasteiger partial charge is 0.369 e. The van der Waals surface area contributed by atoms with Crippen LogP contribution in [-0.4, -0.2) is 24.1 Å². The SMILES string of the molecule is c1ccc2c(c1)CN[C@@H]1CN(c3ccncc3)C[C@@H]21. The molecule has 19 heavy (non-hydrogen) atoms. The first-order valence-electron chi connectivity index (χ1n) is 6.88. The van der Waals surface area contributed by atoms with Crippen molar-refractivity contribution in [1.82, 2.24) is 10.3 Å². The minimum Gasteiger partial charge on any atom is -0.369 e. The fraction of sp³-hybridized carbons (Fsp3) is 0.312. The maximum absolute atomic E-state index is 4.10. The van der Waals surface area contributed by atoms with Crippen LogP contribution in [0, 0.1) is 0 Å². The van der Waals surface area contributed by atoms with Crippen LogP contribution in [0.4, 0.5) is 5.69 Å². The first-order chi connectivity index (χ1) is 9.42. The number of nitrogens with one attached hydrogen (secondary N) is 1. The van der Waals surface area contributed by atoms with E-state index in [-0.39, 0.29) is 0 Å². The third-order valence-corrected chi connectivity index (χ3v) is 4.36. The van der Waals surface area contributed by atoms with Crippen LogP contribution in [0.15, 0.2) is 48.8 Å². The van der Waals surface area contributed by atoms with E-state index in [1.807, 2.05) is 12.4 Å². The maximum Gasteiger partial charge on any atom is 0.0397 e. The van der Waals surface area contributed by atoms with E-state index in [1.54, 1.807) is 0 Å². The number of hydrogen-bond acceptors (Lipinski definition) is 3. The molecule has 1 aromatic heterocycles. The first-order valence-corrected chi connectivity index (χ1v) is 6.88. The summed E-state index contributed by atoms with van der Waals surface area (Å²) in [5.41, 5.74) is 4.27. The third kappa shape index (κ3) is 1.81. The molecule has 0 saturated carbocycles. The average Bonchev–Trinajstić information content (AvgIpc) is 2.93. The van der Waals surface area contributed by atoms with Crippen LogP contribution in [-0.2, 0) is 6.54 Å². The van der Waals surface area contributed by atoms with Crippen molar-refractivity contribution in [3.63, 3.8) is 0 Å². The molecule has 4 rings (SSSR count). The molecule has 0 radical (unpaired) electrons. The highest BCUT2D eigenvalue weighted by Crippen LogP contribution is 2.35. The number of pyridine rings is 1. The normalized spacial score (nSPS) is 24.9. The molecular weight excluding hydrogens is 234 g/mol. The summed E-state index contributed by atoms with van der Waals surface area (Å²) in [7, 11) is 0. The Morgan fingerprint density at radius 1 is 1.05 bits per heavy atom. The molecular formula is C16H17N3. The van der Waals surface area contributed by atoms with Gasteiger partial charge in [0.15, 0.2) is 0 Å². The molecule has 1 aromatic carbocycles. The van der Waals surface area contributed by atoms with Gasteiger partial charge in [-0.15, -0.1) is 0 Å². The molecule has 0 unspecified atom stereocenters. The zero-order chi connectivity index (χ0) is 12.7. The van der Waals surface area contributed by atoms with Gasteiger partial charge in [-0.2, -0.15) is 0 Å². The molecule has 0 bridgehead atoms. The average molecular weight is 251 g/mol. The summed E-state index contributed by atoms with van der Waals surface area (Å²) in [6, 6.07) is 13.6. The number of benzene rings is 1. The highest BCUT2D eigenvalue weighted by Gasteiger charge is 2.37. The Morgan fingerprint density at radius 3 is 2.79 bits per heavy atom. The fourth-order valence-corrected chi connectivity index (χ4v) is 3.39. The Morgan fingerprint density at radius 2 is 1.89 bits per heavy atom. The topological polar surface area (TPSA) is 28.2 Å². The van der Waals surface area contributed by atoms with Crippen molar-refractivity contribution in [2.75, 3.05) is 18.0 Å². The Hall–Kier alpha value is -1.87. The standard InChI is InChI=1S/C16H17N3/c1-2-4-14-12(3-1)9-18-16-11-19(10-15(14)16)13-5-7-17-8-6-13/h1-8,15-16,18H,9-11H2/t15-,16+/m0/s1. The van der Waals surface area contributed by atoms with Gasteiger partial charge in [-0.1, -0.05) is 24.3 Å². The lowest BCUT2D eigenvalue weighted by molar-refractivity contribution is 0.472. The predicted molar refractivity (Wildman–Crippen MR) is 76.3 cm³/mol. The second-order valence-electron chi connectivity index (χ2n) is 5.40. The molecule has 3 heterocycles. The molecule has 2 aromatic rings. The highest BCUT2D eigenvalue weighted by molar-refractivity contribution is 5.49. The van der Waals surface area contributed by atoms with Gasteiger partial charge in [-0.25, -0.2) is 0 Å². The van der Waals surface area contributed by atoms with Crippen molar-refractivity contribution in [3.05, 3.63) is 59.9 Å². The van der Waals surface area contributed by atoms with Crippen molar-refractivity contribution in [2.24, 2.45) is 0 Å². The molecule has 2 aliphatic heterocycles. The van der Waals surface area contributed by atoms with Gasteiger partial charge in [0.1, 0.15) is 0 Å². The smallest absolute Gasteiger partial charge is 0.0397 e. The van der Waals surface area contributed by atoms with Gasteiger partial charge >= 0.3 is 0 Å². The molecule has 1 saturated heterocycles. The highest BCUT2D eigenvalue weighted by atomic mass is 15.2. The summed E-state index contributed by atoms with van der Waals surface area (Å²) >= 11 is 0. The monoisotopic (exact) mass is 251 g/mol. The van der Waals surface area contributed by atoms with Crippen LogP contribution in [0.2, 0.25) is 0 Å². The Kier molecular flexibility index (Phi) is 2.52. The van der Waals surface area contributed by atoms with Crippen LogP contribution in [0.5, 0.6) is 0 Å². The minimum atomic E-state index is 0.572. The van der Waals surface area contributed by atoms with Crippen LogP contribution in [0.3, 0.4) is 0 Å². The maximum atomic E-state index is 4.10. The van der Waals surface area contributed by atoms with Crippen LogP contribution in [0.25, 0.3) is 0 Å². The lowest BCUT2D eigenvalue weighted by atomic mass is 9.87. The molecule has 96 valence electrons. The van der Waals surface area contributed by atoms with Gasteiger partial charge in [0, 0.05) is 49.7 Å². The van der Waals surface area contributed by atoms with Gasteiger partial charge in [-0.05, 0) is 23.3 Å². The van der Waals surface area contributed by atoms with E-state index in [9.17, 15) is 0 Å². The molecule has 0 amide bonds. The van der Waals surface area contributed by atoms with Crippen LogP contribution in [0.1, 0.15) is 17.0 Å². The lowest BCUT2D eigenvalue weighted by Crippen LogP contribution is -2.39. The molecule has 3 nitrogen and oxygen atoms in total. The summed E-state index contributed by atoms with van der Waals surface area (Å²) in [5.74, 6) is 0.609. The van der Waals surface area contributed by atoms with Gasteiger partial charge in [0.05, 0.1) is 0 Å².